The van der Waals surface area contributed by atoms with E-state index in [4.69, 9.17) is 10.2 Å². The molecule has 1 rings (SSSR count). The van der Waals surface area contributed by atoms with Crippen molar-refractivity contribution in [2.75, 3.05) is 0 Å². The molecule has 0 aliphatic heterocycles. The number of hydrogen-bond donors (Lipinski definition) is 3. The number of hydrogen-bond acceptors (Lipinski definition) is 3. The minimum atomic E-state index is -1.16. The van der Waals surface area contributed by atoms with E-state index in [1.54, 1.807) is 0 Å². The third kappa shape index (κ3) is 3.88. The summed E-state index contributed by atoms with van der Waals surface area (Å²) in [6.07, 6.45) is 0. The highest BCUT2D eigenvalue weighted by Gasteiger charge is 2.29. The molecule has 0 heterocycles. The number of nitrogens with one attached hydrogen (secondary N) is 1. The highest BCUT2D eigenvalue weighted by molar-refractivity contribution is 5.82. The van der Waals surface area contributed by atoms with Crippen LogP contribution in [0.1, 0.15) is 12.5 Å². The molecule has 5 nitrogen and oxygen atoms in total. The molecule has 0 aliphatic carbocycles. The van der Waals surface area contributed by atoms with Gasteiger partial charge in [-0.25, -0.2) is 0 Å². The third-order valence-corrected chi connectivity index (χ3v) is 2.52. The van der Waals surface area contributed by atoms with Gasteiger partial charge in [0, 0.05) is 6.54 Å². The Kier molecular flexibility index (Phi) is 4.66. The highest BCUT2D eigenvalue weighted by Crippen LogP contribution is 2.06. The second-order valence-electron chi connectivity index (χ2n) is 3.81. The Morgan fingerprint density at radius 3 is 2.24 bits per heavy atom. The lowest BCUT2D eigenvalue weighted by Gasteiger charge is -2.18. The number of benzene rings is 1. The van der Waals surface area contributed by atoms with E-state index in [9.17, 15) is 9.59 Å². The molecule has 5 heteroatoms. The average molecular weight is 237 g/mol. The van der Waals surface area contributed by atoms with Crippen LogP contribution in [-0.4, -0.2) is 28.2 Å². The van der Waals surface area contributed by atoms with Crippen LogP contribution < -0.4 is 5.32 Å². The molecule has 0 bridgehead atoms. The molecule has 3 N–H and O–H groups in total. The van der Waals surface area contributed by atoms with Gasteiger partial charge in [0.1, 0.15) is 6.04 Å². The minimum Gasteiger partial charge on any atom is -0.481 e. The van der Waals surface area contributed by atoms with Gasteiger partial charge >= 0.3 is 11.9 Å². The smallest absolute Gasteiger partial charge is 0.321 e. The molecule has 1 aromatic carbocycles. The molecular formula is C12H15NO4. The lowest BCUT2D eigenvalue weighted by atomic mass is 10.0. The zero-order valence-corrected chi connectivity index (χ0v) is 9.46. The van der Waals surface area contributed by atoms with Gasteiger partial charge < -0.3 is 10.2 Å². The maximum atomic E-state index is 10.9. The summed E-state index contributed by atoms with van der Waals surface area (Å²) in [5, 5.41) is 20.5. The standard InChI is InChI=1S/C12H15NO4/c1-8(11(14)15)10(12(16)17)13-7-9-5-3-2-4-6-9/h2-6,8,10,13H,7H2,1H3,(H,14,15)(H,16,17). The molecule has 0 amide bonds. The van der Waals surface area contributed by atoms with Gasteiger partial charge in [-0.2, -0.15) is 0 Å². The van der Waals surface area contributed by atoms with Crippen molar-refractivity contribution in [2.45, 2.75) is 19.5 Å². The van der Waals surface area contributed by atoms with Gasteiger partial charge in [0.25, 0.3) is 0 Å². The molecule has 0 fully saturated rings. The lowest BCUT2D eigenvalue weighted by molar-refractivity contribution is -0.150. The first-order valence-corrected chi connectivity index (χ1v) is 5.25. The normalized spacial score (nSPS) is 13.9. The van der Waals surface area contributed by atoms with Crippen molar-refractivity contribution in [3.05, 3.63) is 35.9 Å². The molecule has 0 aromatic heterocycles. The van der Waals surface area contributed by atoms with Crippen LogP contribution in [-0.2, 0) is 16.1 Å². The van der Waals surface area contributed by atoms with E-state index >= 15 is 0 Å². The topological polar surface area (TPSA) is 86.6 Å². The zero-order chi connectivity index (χ0) is 12.8. The maximum Gasteiger partial charge on any atom is 0.321 e. The van der Waals surface area contributed by atoms with Crippen molar-refractivity contribution in [3.63, 3.8) is 0 Å². The van der Waals surface area contributed by atoms with Crippen LogP contribution in [0.15, 0.2) is 30.3 Å². The van der Waals surface area contributed by atoms with Crippen molar-refractivity contribution in [1.82, 2.24) is 5.32 Å². The van der Waals surface area contributed by atoms with Gasteiger partial charge in [-0.1, -0.05) is 30.3 Å². The Labute approximate surface area is 99.1 Å². The first-order chi connectivity index (χ1) is 8.02. The molecular weight excluding hydrogens is 222 g/mol. The van der Waals surface area contributed by atoms with Crippen LogP contribution in [0.4, 0.5) is 0 Å². The van der Waals surface area contributed by atoms with Gasteiger partial charge in [0.2, 0.25) is 0 Å². The quantitative estimate of drug-likeness (QED) is 0.685. The summed E-state index contributed by atoms with van der Waals surface area (Å²) in [4.78, 5) is 21.7. The van der Waals surface area contributed by atoms with Crippen LogP contribution in [0, 0.1) is 5.92 Å². The zero-order valence-electron chi connectivity index (χ0n) is 9.46. The van der Waals surface area contributed by atoms with E-state index in [0.29, 0.717) is 6.54 Å². The first kappa shape index (κ1) is 13.2. The van der Waals surface area contributed by atoms with Crippen molar-refractivity contribution in [1.29, 1.82) is 0 Å². The predicted octanol–water partition coefficient (Wildman–Crippen LogP) is 0.950. The molecule has 0 radical (unpaired) electrons. The van der Waals surface area contributed by atoms with E-state index in [-0.39, 0.29) is 0 Å². The molecule has 17 heavy (non-hydrogen) atoms. The van der Waals surface area contributed by atoms with E-state index in [2.05, 4.69) is 5.32 Å². The minimum absolute atomic E-state index is 0.329. The fraction of sp³-hybridized carbons (Fsp3) is 0.333. The predicted molar refractivity (Wildman–Crippen MR) is 61.5 cm³/mol. The van der Waals surface area contributed by atoms with Crippen molar-refractivity contribution in [2.24, 2.45) is 5.92 Å². The maximum absolute atomic E-state index is 10.9. The molecule has 0 aliphatic rings. The molecule has 0 saturated heterocycles. The van der Waals surface area contributed by atoms with Crippen LogP contribution in [0.5, 0.6) is 0 Å². The van der Waals surface area contributed by atoms with Crippen LogP contribution in [0.3, 0.4) is 0 Å². The molecule has 1 aromatic rings. The summed E-state index contributed by atoms with van der Waals surface area (Å²) in [7, 11) is 0. The number of carboxylic acids is 2. The second-order valence-corrected chi connectivity index (χ2v) is 3.81. The molecule has 2 atom stereocenters. The largest absolute Gasteiger partial charge is 0.481 e. The Balaban J connectivity index is 2.63. The first-order valence-electron chi connectivity index (χ1n) is 5.25. The Morgan fingerprint density at radius 2 is 1.76 bits per heavy atom. The summed E-state index contributed by atoms with van der Waals surface area (Å²) < 4.78 is 0. The van der Waals surface area contributed by atoms with Gasteiger partial charge in [-0.15, -0.1) is 0 Å². The Morgan fingerprint density at radius 1 is 1.18 bits per heavy atom. The fourth-order valence-electron chi connectivity index (χ4n) is 1.44. The monoisotopic (exact) mass is 237 g/mol. The molecule has 0 spiro atoms. The number of aliphatic carboxylic acids is 2. The van der Waals surface area contributed by atoms with E-state index in [1.165, 1.54) is 6.92 Å². The number of carbonyl (C=O) groups is 2. The SMILES string of the molecule is CC(C(=O)O)C(NCc1ccccc1)C(=O)O. The Bertz CT molecular complexity index is 391. The molecule has 2 unspecified atom stereocenters. The van der Waals surface area contributed by atoms with Crippen molar-refractivity contribution in [3.8, 4) is 0 Å². The van der Waals surface area contributed by atoms with E-state index in [1.807, 2.05) is 30.3 Å². The van der Waals surface area contributed by atoms with Crippen molar-refractivity contribution >= 4 is 11.9 Å². The van der Waals surface area contributed by atoms with Crippen LogP contribution >= 0.6 is 0 Å². The average Bonchev–Trinajstić information content (AvgIpc) is 2.29. The van der Waals surface area contributed by atoms with Crippen molar-refractivity contribution < 1.29 is 19.8 Å². The number of carboxylic acid groups (broad SMARTS) is 2. The van der Waals surface area contributed by atoms with Gasteiger partial charge in [-0.05, 0) is 12.5 Å². The van der Waals surface area contributed by atoms with Gasteiger partial charge in [0.05, 0.1) is 5.92 Å². The van der Waals surface area contributed by atoms with Gasteiger partial charge in [0.15, 0.2) is 0 Å². The lowest BCUT2D eigenvalue weighted by Crippen LogP contribution is -2.44. The van der Waals surface area contributed by atoms with Gasteiger partial charge in [-0.3, -0.25) is 14.9 Å². The Hall–Kier alpha value is -1.88. The van der Waals surface area contributed by atoms with Crippen LogP contribution in [0.2, 0.25) is 0 Å². The fourth-order valence-corrected chi connectivity index (χ4v) is 1.44. The third-order valence-electron chi connectivity index (χ3n) is 2.52. The summed E-state index contributed by atoms with van der Waals surface area (Å²) in [6, 6.07) is 8.14. The van der Waals surface area contributed by atoms with E-state index < -0.39 is 23.9 Å². The highest BCUT2D eigenvalue weighted by atomic mass is 16.4. The summed E-state index contributed by atoms with van der Waals surface area (Å²) in [5.74, 6) is -3.26. The molecule has 92 valence electrons. The second kappa shape index (κ2) is 6.00. The summed E-state index contributed by atoms with van der Waals surface area (Å²) in [5.41, 5.74) is 0.913. The van der Waals surface area contributed by atoms with E-state index in [0.717, 1.165) is 5.56 Å². The summed E-state index contributed by atoms with van der Waals surface area (Å²) >= 11 is 0. The number of rotatable bonds is 6. The van der Waals surface area contributed by atoms with Crippen LogP contribution in [0.25, 0.3) is 0 Å². The summed E-state index contributed by atoms with van der Waals surface area (Å²) in [6.45, 7) is 1.70. The molecule has 0 saturated carbocycles.